The van der Waals surface area contributed by atoms with E-state index in [1.165, 1.54) is 5.56 Å². The zero-order chi connectivity index (χ0) is 23.2. The van der Waals surface area contributed by atoms with E-state index in [-0.39, 0.29) is 18.5 Å². The molecule has 7 nitrogen and oxygen atoms in total. The maximum atomic E-state index is 13.0. The van der Waals surface area contributed by atoms with Crippen LogP contribution in [0, 0.1) is 0 Å². The monoisotopic (exact) mass is 447 g/mol. The number of ether oxygens (including phenoxy) is 1. The second-order valence-corrected chi connectivity index (χ2v) is 8.41. The molecule has 1 aliphatic rings. The fraction of sp³-hybridized carbons (Fsp3) is 0.346. The third-order valence-electron chi connectivity index (χ3n) is 6.00. The summed E-state index contributed by atoms with van der Waals surface area (Å²) in [6, 6.07) is 17.3. The molecule has 0 saturated carbocycles. The van der Waals surface area contributed by atoms with E-state index in [1.807, 2.05) is 61.5 Å². The average Bonchev–Trinajstić information content (AvgIpc) is 3.21. The number of fused-ring (bicyclic) bond motifs is 1. The van der Waals surface area contributed by atoms with Gasteiger partial charge in [-0.2, -0.15) is 0 Å². The number of carbonyl (C=O) groups is 3. The minimum absolute atomic E-state index is 0.0305. The van der Waals surface area contributed by atoms with Crippen molar-refractivity contribution in [1.82, 2.24) is 14.8 Å². The summed E-state index contributed by atoms with van der Waals surface area (Å²) in [7, 11) is 0. The third kappa shape index (κ3) is 5.49. The van der Waals surface area contributed by atoms with Crippen LogP contribution in [0.3, 0.4) is 0 Å². The van der Waals surface area contributed by atoms with Crippen LogP contribution in [-0.4, -0.2) is 59.4 Å². The molecule has 1 N–H and O–H groups in total. The van der Waals surface area contributed by atoms with Gasteiger partial charge in [-0.3, -0.25) is 14.4 Å². The molecular formula is C26H29N3O4. The highest BCUT2D eigenvalue weighted by atomic mass is 16.5. The van der Waals surface area contributed by atoms with Gasteiger partial charge in [0.25, 0.3) is 11.7 Å². The number of benzene rings is 2. The number of para-hydroxylation sites is 1. The van der Waals surface area contributed by atoms with Crippen molar-refractivity contribution in [1.29, 1.82) is 0 Å². The molecule has 0 bridgehead atoms. The molecule has 2 heterocycles. The number of morpholine rings is 1. The maximum Gasteiger partial charge on any atom is 0.292 e. The first kappa shape index (κ1) is 22.7. The predicted molar refractivity (Wildman–Crippen MR) is 126 cm³/mol. The Morgan fingerprint density at radius 2 is 1.70 bits per heavy atom. The second kappa shape index (κ2) is 10.4. The van der Waals surface area contributed by atoms with Gasteiger partial charge in [0, 0.05) is 36.2 Å². The lowest BCUT2D eigenvalue weighted by Crippen LogP contribution is -2.42. The average molecular weight is 448 g/mol. The van der Waals surface area contributed by atoms with Crippen LogP contribution < -0.4 is 5.32 Å². The lowest BCUT2D eigenvalue weighted by molar-refractivity contribution is -0.135. The number of amides is 2. The zero-order valence-corrected chi connectivity index (χ0v) is 18.8. The highest BCUT2D eigenvalue weighted by Gasteiger charge is 2.24. The van der Waals surface area contributed by atoms with Crippen molar-refractivity contribution in [3.8, 4) is 0 Å². The van der Waals surface area contributed by atoms with Gasteiger partial charge >= 0.3 is 0 Å². The number of nitrogens with one attached hydrogen (secondary N) is 1. The molecule has 1 aromatic heterocycles. The van der Waals surface area contributed by atoms with E-state index in [9.17, 15) is 14.4 Å². The summed E-state index contributed by atoms with van der Waals surface area (Å²) in [5.41, 5.74) is 2.26. The third-order valence-corrected chi connectivity index (χ3v) is 6.00. The lowest BCUT2D eigenvalue weighted by Gasteiger charge is -2.27. The van der Waals surface area contributed by atoms with Crippen molar-refractivity contribution in [2.24, 2.45) is 0 Å². The van der Waals surface area contributed by atoms with Gasteiger partial charge in [-0.05, 0) is 31.4 Å². The van der Waals surface area contributed by atoms with E-state index in [4.69, 9.17) is 4.74 Å². The van der Waals surface area contributed by atoms with Crippen LogP contribution in [-0.2, 0) is 27.3 Å². The van der Waals surface area contributed by atoms with Crippen molar-refractivity contribution in [2.75, 3.05) is 26.3 Å². The summed E-state index contributed by atoms with van der Waals surface area (Å²) in [5, 5.41) is 3.50. The minimum Gasteiger partial charge on any atom is -0.378 e. The SMILES string of the molecule is C[C@@H](CCc1ccccc1)NC(=O)C(=O)c1cn(CC(=O)N2CCOCC2)c2ccccc12. The molecule has 1 aliphatic heterocycles. The predicted octanol–water partition coefficient (Wildman–Crippen LogP) is 2.82. The summed E-state index contributed by atoms with van der Waals surface area (Å²) < 4.78 is 7.07. The Labute approximate surface area is 193 Å². The molecule has 0 radical (unpaired) electrons. The Morgan fingerprint density at radius 3 is 2.45 bits per heavy atom. The van der Waals surface area contributed by atoms with Gasteiger partial charge in [0.1, 0.15) is 6.54 Å². The normalized spacial score (nSPS) is 14.8. The quantitative estimate of drug-likeness (QED) is 0.425. The number of Topliss-reactive ketones (excluding diaryl/α,β-unsaturated/α-hetero) is 1. The van der Waals surface area contributed by atoms with Crippen LogP contribution in [0.25, 0.3) is 10.9 Å². The molecule has 172 valence electrons. The Morgan fingerprint density at radius 1 is 1.00 bits per heavy atom. The number of hydrogen-bond donors (Lipinski definition) is 1. The number of ketones is 1. The molecule has 2 aromatic carbocycles. The number of rotatable bonds is 8. The molecule has 1 fully saturated rings. The molecule has 1 atom stereocenters. The van der Waals surface area contributed by atoms with E-state index in [2.05, 4.69) is 5.32 Å². The summed E-state index contributed by atoms with van der Waals surface area (Å²) >= 11 is 0. The highest BCUT2D eigenvalue weighted by molar-refractivity contribution is 6.45. The first-order valence-electron chi connectivity index (χ1n) is 11.4. The summed E-state index contributed by atoms with van der Waals surface area (Å²) in [4.78, 5) is 40.3. The summed E-state index contributed by atoms with van der Waals surface area (Å²) in [5.74, 6) is -1.25. The van der Waals surface area contributed by atoms with Crippen LogP contribution in [0.1, 0.15) is 29.3 Å². The lowest BCUT2D eigenvalue weighted by atomic mass is 10.1. The fourth-order valence-corrected chi connectivity index (χ4v) is 4.13. The first-order chi connectivity index (χ1) is 16.0. The number of aryl methyl sites for hydroxylation is 1. The van der Waals surface area contributed by atoms with Gasteiger partial charge in [0.2, 0.25) is 5.91 Å². The number of nitrogens with zero attached hydrogens (tertiary/aromatic N) is 2. The Balaban J connectivity index is 1.45. The number of hydrogen-bond acceptors (Lipinski definition) is 4. The molecule has 3 aromatic rings. The molecule has 7 heteroatoms. The van der Waals surface area contributed by atoms with Crippen molar-refractivity contribution in [2.45, 2.75) is 32.4 Å². The maximum absolute atomic E-state index is 13.0. The smallest absolute Gasteiger partial charge is 0.292 e. The number of carbonyl (C=O) groups excluding carboxylic acids is 3. The standard InChI is InChI=1S/C26H29N3O4/c1-19(11-12-20-7-3-2-4-8-20)27-26(32)25(31)22-17-29(23-10-6-5-9-21(22)23)18-24(30)28-13-15-33-16-14-28/h2-10,17,19H,11-16,18H2,1H3,(H,27,32)/t19-/m0/s1. The molecule has 0 spiro atoms. The van der Waals surface area contributed by atoms with Crippen LogP contribution in [0.4, 0.5) is 0 Å². The second-order valence-electron chi connectivity index (χ2n) is 8.41. The van der Waals surface area contributed by atoms with Crippen molar-refractivity contribution in [3.05, 3.63) is 71.9 Å². The van der Waals surface area contributed by atoms with Crippen LogP contribution >= 0.6 is 0 Å². The zero-order valence-electron chi connectivity index (χ0n) is 18.8. The van der Waals surface area contributed by atoms with Crippen molar-refractivity contribution in [3.63, 3.8) is 0 Å². The van der Waals surface area contributed by atoms with E-state index < -0.39 is 11.7 Å². The molecule has 0 unspecified atom stereocenters. The topological polar surface area (TPSA) is 80.6 Å². The highest BCUT2D eigenvalue weighted by Crippen LogP contribution is 2.22. The van der Waals surface area contributed by atoms with Gasteiger partial charge in [-0.25, -0.2) is 0 Å². The molecule has 1 saturated heterocycles. The Hall–Kier alpha value is -3.45. The molecule has 4 rings (SSSR count). The van der Waals surface area contributed by atoms with Gasteiger partial charge in [-0.15, -0.1) is 0 Å². The Bertz CT molecular complexity index is 1130. The van der Waals surface area contributed by atoms with E-state index in [1.54, 1.807) is 15.7 Å². The van der Waals surface area contributed by atoms with Gasteiger partial charge in [0.05, 0.1) is 18.8 Å². The number of aromatic nitrogens is 1. The van der Waals surface area contributed by atoms with Crippen LogP contribution in [0.5, 0.6) is 0 Å². The van der Waals surface area contributed by atoms with E-state index in [0.29, 0.717) is 37.3 Å². The first-order valence-corrected chi connectivity index (χ1v) is 11.4. The van der Waals surface area contributed by atoms with E-state index >= 15 is 0 Å². The van der Waals surface area contributed by atoms with Crippen LogP contribution in [0.15, 0.2) is 60.8 Å². The molecule has 33 heavy (non-hydrogen) atoms. The van der Waals surface area contributed by atoms with Crippen molar-refractivity contribution < 1.29 is 19.1 Å². The molecule has 0 aliphatic carbocycles. The largest absolute Gasteiger partial charge is 0.378 e. The molecule has 2 amide bonds. The van der Waals surface area contributed by atoms with Gasteiger partial charge in [-0.1, -0.05) is 48.5 Å². The van der Waals surface area contributed by atoms with Crippen LogP contribution in [0.2, 0.25) is 0 Å². The van der Waals surface area contributed by atoms with Gasteiger partial charge in [0.15, 0.2) is 0 Å². The van der Waals surface area contributed by atoms with E-state index in [0.717, 1.165) is 18.4 Å². The minimum atomic E-state index is -0.627. The Kier molecular flexibility index (Phi) is 7.19. The molecular weight excluding hydrogens is 418 g/mol. The fourth-order valence-electron chi connectivity index (χ4n) is 4.13. The van der Waals surface area contributed by atoms with Crippen molar-refractivity contribution >= 4 is 28.5 Å². The summed E-state index contributed by atoms with van der Waals surface area (Å²) in [6.45, 7) is 4.20. The summed E-state index contributed by atoms with van der Waals surface area (Å²) in [6.07, 6.45) is 3.18. The van der Waals surface area contributed by atoms with Gasteiger partial charge < -0.3 is 19.5 Å².